The van der Waals surface area contributed by atoms with E-state index in [4.69, 9.17) is 5.10 Å². The zero-order valence-corrected chi connectivity index (χ0v) is 20.5. The van der Waals surface area contributed by atoms with E-state index in [1.165, 1.54) is 22.2 Å². The van der Waals surface area contributed by atoms with Crippen molar-refractivity contribution in [1.82, 2.24) is 18.7 Å². The van der Waals surface area contributed by atoms with Gasteiger partial charge in [0.05, 0.1) is 11.4 Å². The Bertz CT molecular complexity index is 1320. The second kappa shape index (κ2) is 9.50. The molecule has 8 heteroatoms. The third kappa shape index (κ3) is 4.36. The maximum Gasteiger partial charge on any atom is 0.346 e. The van der Waals surface area contributed by atoms with Crippen LogP contribution in [0.15, 0.2) is 58.2 Å². The zero-order valence-electron chi connectivity index (χ0n) is 19.7. The van der Waals surface area contributed by atoms with E-state index in [9.17, 15) is 13.2 Å². The van der Waals surface area contributed by atoms with Crippen molar-refractivity contribution >= 4 is 10.0 Å². The van der Waals surface area contributed by atoms with Crippen LogP contribution in [0, 0.1) is 0 Å². The normalized spacial score (nSPS) is 17.6. The largest absolute Gasteiger partial charge is 0.346 e. The molecule has 34 heavy (non-hydrogen) atoms. The Balaban J connectivity index is 1.32. The smallest absolute Gasteiger partial charge is 0.279 e. The van der Waals surface area contributed by atoms with E-state index in [1.807, 2.05) is 49.4 Å². The molecule has 0 radical (unpaired) electrons. The Morgan fingerprint density at radius 1 is 0.971 bits per heavy atom. The predicted molar refractivity (Wildman–Crippen MR) is 132 cm³/mol. The Morgan fingerprint density at radius 3 is 2.38 bits per heavy atom. The van der Waals surface area contributed by atoms with Crippen molar-refractivity contribution in [2.75, 3.05) is 13.1 Å². The lowest BCUT2D eigenvalue weighted by Gasteiger charge is -2.31. The second-order valence-electron chi connectivity index (χ2n) is 9.34. The molecule has 2 heterocycles. The summed E-state index contributed by atoms with van der Waals surface area (Å²) in [4.78, 5) is 13.4. The Labute approximate surface area is 201 Å². The number of rotatable bonds is 6. The van der Waals surface area contributed by atoms with Gasteiger partial charge in [-0.3, -0.25) is 4.57 Å². The van der Waals surface area contributed by atoms with Gasteiger partial charge in [-0.2, -0.15) is 9.40 Å². The fraction of sp³-hybridized carbons (Fsp3) is 0.462. The minimum absolute atomic E-state index is 0.0691. The summed E-state index contributed by atoms with van der Waals surface area (Å²) in [6, 6.07) is 15.5. The van der Waals surface area contributed by atoms with Gasteiger partial charge in [-0.1, -0.05) is 36.4 Å². The van der Waals surface area contributed by atoms with E-state index in [0.29, 0.717) is 43.9 Å². The number of aryl methyl sites for hydroxylation is 2. The molecule has 0 unspecified atom stereocenters. The number of fused-ring (bicyclic) bond motifs is 1. The molecule has 1 saturated heterocycles. The van der Waals surface area contributed by atoms with Gasteiger partial charge < -0.3 is 0 Å². The lowest BCUT2D eigenvalue weighted by atomic mass is 9.92. The quantitative estimate of drug-likeness (QED) is 0.541. The molecule has 2 aliphatic rings. The molecule has 180 valence electrons. The minimum Gasteiger partial charge on any atom is -0.279 e. The maximum absolute atomic E-state index is 13.4. The number of aromatic nitrogens is 3. The van der Waals surface area contributed by atoms with Crippen LogP contribution in [-0.4, -0.2) is 40.2 Å². The summed E-state index contributed by atoms with van der Waals surface area (Å²) in [6.45, 7) is 3.82. The van der Waals surface area contributed by atoms with Crippen LogP contribution in [0.5, 0.6) is 0 Å². The van der Waals surface area contributed by atoms with Gasteiger partial charge in [0, 0.05) is 25.6 Å². The van der Waals surface area contributed by atoms with Crippen LogP contribution in [0.2, 0.25) is 0 Å². The molecule has 0 bridgehead atoms. The molecule has 1 fully saturated rings. The number of sulfonamides is 1. The summed E-state index contributed by atoms with van der Waals surface area (Å²) >= 11 is 0. The first-order chi connectivity index (χ1) is 16.5. The Morgan fingerprint density at radius 2 is 1.68 bits per heavy atom. The summed E-state index contributed by atoms with van der Waals surface area (Å²) in [5, 5.41) is 4.69. The molecule has 3 aromatic rings. The molecule has 0 spiro atoms. The molecule has 2 aromatic carbocycles. The summed E-state index contributed by atoms with van der Waals surface area (Å²) in [7, 11) is -3.52. The highest BCUT2D eigenvalue weighted by Crippen LogP contribution is 2.31. The molecule has 0 saturated carbocycles. The molecular weight excluding hydrogens is 448 g/mol. The van der Waals surface area contributed by atoms with Crippen LogP contribution in [0.1, 0.15) is 61.0 Å². The third-order valence-electron chi connectivity index (χ3n) is 7.22. The molecule has 7 nitrogen and oxygen atoms in total. The molecule has 1 aliphatic heterocycles. The van der Waals surface area contributed by atoms with E-state index in [2.05, 4.69) is 0 Å². The molecular formula is C26H32N4O3S. The van der Waals surface area contributed by atoms with Crippen molar-refractivity contribution in [3.8, 4) is 0 Å². The van der Waals surface area contributed by atoms with Crippen molar-refractivity contribution in [2.45, 2.75) is 69.4 Å². The summed E-state index contributed by atoms with van der Waals surface area (Å²) in [5.74, 6) is 0.842. The summed E-state index contributed by atoms with van der Waals surface area (Å²) < 4.78 is 31.6. The highest BCUT2D eigenvalue weighted by Gasteiger charge is 2.33. The molecule has 0 amide bonds. The van der Waals surface area contributed by atoms with Gasteiger partial charge >= 0.3 is 5.69 Å². The van der Waals surface area contributed by atoms with Gasteiger partial charge in [0.1, 0.15) is 5.82 Å². The number of hydrogen-bond acceptors (Lipinski definition) is 4. The Kier molecular flexibility index (Phi) is 6.44. The van der Waals surface area contributed by atoms with Crippen molar-refractivity contribution < 1.29 is 8.42 Å². The fourth-order valence-corrected chi connectivity index (χ4v) is 6.81. The van der Waals surface area contributed by atoms with Crippen LogP contribution in [-0.2, 0) is 36.0 Å². The SMILES string of the molecule is CCn1c(C2CCN(S(=O)(=O)c3ccc4c(c3)CCCC4)CC2)nn(Cc2ccccc2)c1=O. The average Bonchev–Trinajstić information content (AvgIpc) is 3.19. The lowest BCUT2D eigenvalue weighted by Crippen LogP contribution is -2.38. The third-order valence-corrected chi connectivity index (χ3v) is 9.11. The van der Waals surface area contributed by atoms with Crippen molar-refractivity contribution in [2.24, 2.45) is 0 Å². The first-order valence-corrected chi connectivity index (χ1v) is 13.7. The zero-order chi connectivity index (χ0) is 23.7. The van der Waals surface area contributed by atoms with E-state index >= 15 is 0 Å². The van der Waals surface area contributed by atoms with Crippen LogP contribution < -0.4 is 5.69 Å². The van der Waals surface area contributed by atoms with Gasteiger partial charge in [0.2, 0.25) is 10.0 Å². The molecule has 0 atom stereocenters. The maximum atomic E-state index is 13.4. The number of piperidine rings is 1. The molecule has 1 aliphatic carbocycles. The van der Waals surface area contributed by atoms with Crippen LogP contribution >= 0.6 is 0 Å². The minimum atomic E-state index is -3.52. The number of benzene rings is 2. The first-order valence-electron chi connectivity index (χ1n) is 12.3. The van der Waals surface area contributed by atoms with Gasteiger partial charge in [-0.05, 0) is 74.3 Å². The molecule has 5 rings (SSSR count). The number of nitrogens with zero attached hydrogens (tertiary/aromatic N) is 4. The standard InChI is InChI=1S/C26H32N4O3S/c1-2-29-25(27-30(26(29)31)19-20-8-4-3-5-9-20)22-14-16-28(17-15-22)34(32,33)24-13-12-21-10-6-7-11-23(21)18-24/h3-5,8-9,12-13,18,22H,2,6-7,10-11,14-17,19H2,1H3. The van der Waals surface area contributed by atoms with E-state index in [-0.39, 0.29) is 11.6 Å². The lowest BCUT2D eigenvalue weighted by molar-refractivity contribution is 0.308. The predicted octanol–water partition coefficient (Wildman–Crippen LogP) is 3.56. The molecule has 0 N–H and O–H groups in total. The number of hydrogen-bond donors (Lipinski definition) is 0. The highest BCUT2D eigenvalue weighted by atomic mass is 32.2. The fourth-order valence-electron chi connectivity index (χ4n) is 5.29. The van der Waals surface area contributed by atoms with Gasteiger partial charge in [-0.25, -0.2) is 17.9 Å². The van der Waals surface area contributed by atoms with Crippen molar-refractivity contribution in [1.29, 1.82) is 0 Å². The van der Waals surface area contributed by atoms with Crippen molar-refractivity contribution in [3.63, 3.8) is 0 Å². The van der Waals surface area contributed by atoms with Gasteiger partial charge in [0.25, 0.3) is 0 Å². The van der Waals surface area contributed by atoms with E-state index in [0.717, 1.165) is 30.7 Å². The monoisotopic (exact) mass is 480 g/mol. The van der Waals surface area contributed by atoms with Gasteiger partial charge in [-0.15, -0.1) is 0 Å². The van der Waals surface area contributed by atoms with Crippen LogP contribution in [0.25, 0.3) is 0 Å². The van der Waals surface area contributed by atoms with E-state index < -0.39 is 10.0 Å². The summed E-state index contributed by atoms with van der Waals surface area (Å²) in [6.07, 6.45) is 5.62. The topological polar surface area (TPSA) is 77.2 Å². The van der Waals surface area contributed by atoms with Crippen LogP contribution in [0.3, 0.4) is 0 Å². The highest BCUT2D eigenvalue weighted by molar-refractivity contribution is 7.89. The van der Waals surface area contributed by atoms with Crippen LogP contribution in [0.4, 0.5) is 0 Å². The first kappa shape index (κ1) is 23.1. The van der Waals surface area contributed by atoms with Gasteiger partial charge in [0.15, 0.2) is 0 Å². The summed E-state index contributed by atoms with van der Waals surface area (Å²) in [5.41, 5.74) is 3.39. The van der Waals surface area contributed by atoms with Crippen molar-refractivity contribution in [3.05, 3.63) is 81.5 Å². The van der Waals surface area contributed by atoms with E-state index in [1.54, 1.807) is 14.9 Å². The molecule has 1 aromatic heterocycles. The Hall–Kier alpha value is -2.71. The average molecular weight is 481 g/mol. The second-order valence-corrected chi connectivity index (χ2v) is 11.3.